The predicted molar refractivity (Wildman–Crippen MR) is 134 cm³/mol. The normalized spacial score (nSPS) is 11.7. The Morgan fingerprint density at radius 1 is 1.09 bits per heavy atom. The van der Waals surface area contributed by atoms with Crippen LogP contribution < -0.4 is 11.1 Å². The Kier molecular flexibility index (Phi) is 7.19. The van der Waals surface area contributed by atoms with Gasteiger partial charge >= 0.3 is 0 Å². The quantitative estimate of drug-likeness (QED) is 0.357. The molecule has 0 aliphatic heterocycles. The van der Waals surface area contributed by atoms with Gasteiger partial charge in [-0.05, 0) is 48.9 Å². The van der Waals surface area contributed by atoms with E-state index in [4.69, 9.17) is 11.0 Å². The van der Waals surface area contributed by atoms with Crippen LogP contribution in [0.2, 0.25) is 0 Å². The predicted octanol–water partition coefficient (Wildman–Crippen LogP) is 5.37. The van der Waals surface area contributed by atoms with E-state index in [2.05, 4.69) is 31.6 Å². The highest BCUT2D eigenvalue weighted by Gasteiger charge is 2.15. The summed E-state index contributed by atoms with van der Waals surface area (Å²) in [6.45, 7) is 2.27. The molecule has 0 fully saturated rings. The van der Waals surface area contributed by atoms with Crippen molar-refractivity contribution in [3.8, 4) is 17.3 Å². The molecule has 0 bridgehead atoms. The van der Waals surface area contributed by atoms with Crippen LogP contribution in [0.3, 0.4) is 0 Å². The van der Waals surface area contributed by atoms with E-state index in [1.54, 1.807) is 48.7 Å². The van der Waals surface area contributed by atoms with E-state index >= 15 is 0 Å². The van der Waals surface area contributed by atoms with Crippen molar-refractivity contribution in [3.05, 3.63) is 107 Å². The van der Waals surface area contributed by atoms with Gasteiger partial charge < -0.3 is 11.1 Å². The van der Waals surface area contributed by atoms with Crippen molar-refractivity contribution >= 4 is 17.4 Å². The van der Waals surface area contributed by atoms with Crippen molar-refractivity contribution in [3.63, 3.8) is 0 Å². The second-order valence-electron chi connectivity index (χ2n) is 7.82. The summed E-state index contributed by atoms with van der Waals surface area (Å²) in [5, 5.41) is 20.4. The number of azo groups is 1. The Hall–Kier alpha value is -4.90. The van der Waals surface area contributed by atoms with Gasteiger partial charge in [-0.15, -0.1) is 0 Å². The number of nitriles is 1. The molecule has 4 aromatic rings. The average molecular weight is 462 g/mol. The number of hydrogen-bond donors (Lipinski definition) is 2. The van der Waals surface area contributed by atoms with Crippen LogP contribution in [0.1, 0.15) is 40.1 Å². The lowest BCUT2D eigenvalue weighted by molar-refractivity contribution is 0.0951. The Balaban J connectivity index is 1.51. The van der Waals surface area contributed by atoms with Crippen LogP contribution in [0.15, 0.2) is 95.3 Å². The Bertz CT molecular complexity index is 1390. The molecule has 1 amide bonds. The van der Waals surface area contributed by atoms with Crippen LogP contribution in [0.5, 0.6) is 0 Å². The summed E-state index contributed by atoms with van der Waals surface area (Å²) in [4.78, 5) is 21.6. The summed E-state index contributed by atoms with van der Waals surface area (Å²) < 4.78 is 0. The molecule has 1 unspecified atom stereocenters. The number of aromatic nitrogens is 2. The fraction of sp³-hybridized carbons (Fsp3) is 0.111. The van der Waals surface area contributed by atoms with Crippen LogP contribution in [-0.4, -0.2) is 15.9 Å². The molecule has 0 radical (unpaired) electrons. The van der Waals surface area contributed by atoms with Gasteiger partial charge in [-0.2, -0.15) is 15.5 Å². The van der Waals surface area contributed by atoms with Crippen LogP contribution in [-0.2, 0) is 6.54 Å². The van der Waals surface area contributed by atoms with Crippen molar-refractivity contribution in [2.45, 2.75) is 19.5 Å². The van der Waals surface area contributed by atoms with Gasteiger partial charge in [-0.1, -0.05) is 42.5 Å². The summed E-state index contributed by atoms with van der Waals surface area (Å²) in [5.74, 6) is 0.0840. The van der Waals surface area contributed by atoms with Gasteiger partial charge in [0.2, 0.25) is 0 Å². The number of nitrogens with zero attached hydrogens (tertiary/aromatic N) is 5. The molecule has 172 valence electrons. The van der Waals surface area contributed by atoms with E-state index in [1.807, 2.05) is 43.3 Å². The number of hydrogen-bond acceptors (Lipinski definition) is 7. The minimum absolute atomic E-state index is 0.177. The number of carbonyl (C=O) groups is 1. The number of nitrogen functional groups attached to an aromatic ring is 1. The lowest BCUT2D eigenvalue weighted by Gasteiger charge is -2.11. The van der Waals surface area contributed by atoms with Crippen LogP contribution >= 0.6 is 0 Å². The molecule has 0 aliphatic rings. The van der Waals surface area contributed by atoms with Crippen molar-refractivity contribution < 1.29 is 4.79 Å². The molecule has 3 N–H and O–H groups in total. The minimum Gasteiger partial charge on any atom is -0.382 e. The summed E-state index contributed by atoms with van der Waals surface area (Å²) in [6.07, 6.45) is 1.57. The standard InChI is InChI=1S/C27H23N7O/c1-18(33-34-23-12-10-19(15-28)11-13-23)25-26(29)30-17-24(32-25)21-8-5-9-22(14-21)27(35)31-16-20-6-3-2-4-7-20/h2-14,17-18H,16H2,1H3,(H2,29,30)(H,31,35). The number of anilines is 1. The number of amides is 1. The van der Waals surface area contributed by atoms with Crippen molar-refractivity contribution in [1.82, 2.24) is 15.3 Å². The summed E-state index contributed by atoms with van der Waals surface area (Å²) >= 11 is 0. The second kappa shape index (κ2) is 10.8. The third kappa shape index (κ3) is 5.92. The third-order valence-electron chi connectivity index (χ3n) is 5.28. The number of carbonyl (C=O) groups excluding carboxylic acids is 1. The SMILES string of the molecule is CC(N=Nc1ccc(C#N)cc1)c1nc(-c2cccc(C(=O)NCc3ccccc3)c2)cnc1N. The molecular formula is C27H23N7O. The van der Waals surface area contributed by atoms with Gasteiger partial charge in [0.25, 0.3) is 5.91 Å². The summed E-state index contributed by atoms with van der Waals surface area (Å²) in [5.41, 5.74) is 10.6. The van der Waals surface area contributed by atoms with E-state index in [1.165, 1.54) is 0 Å². The van der Waals surface area contributed by atoms with Crippen LogP contribution in [0.4, 0.5) is 11.5 Å². The zero-order chi connectivity index (χ0) is 24.6. The highest BCUT2D eigenvalue weighted by atomic mass is 16.1. The van der Waals surface area contributed by atoms with Crippen molar-refractivity contribution in [2.75, 3.05) is 5.73 Å². The number of rotatable bonds is 7. The Morgan fingerprint density at radius 2 is 1.86 bits per heavy atom. The topological polar surface area (TPSA) is 129 Å². The first kappa shape index (κ1) is 23.3. The fourth-order valence-electron chi connectivity index (χ4n) is 3.37. The molecule has 0 spiro atoms. The smallest absolute Gasteiger partial charge is 0.251 e. The van der Waals surface area contributed by atoms with E-state index in [0.29, 0.717) is 34.7 Å². The van der Waals surface area contributed by atoms with Crippen LogP contribution in [0, 0.1) is 11.3 Å². The average Bonchev–Trinajstić information content (AvgIpc) is 2.91. The van der Waals surface area contributed by atoms with Gasteiger partial charge in [0, 0.05) is 17.7 Å². The largest absolute Gasteiger partial charge is 0.382 e. The Labute approximate surface area is 203 Å². The molecule has 8 heteroatoms. The molecule has 35 heavy (non-hydrogen) atoms. The van der Waals surface area contributed by atoms with Gasteiger partial charge in [-0.3, -0.25) is 4.79 Å². The maximum absolute atomic E-state index is 12.7. The third-order valence-corrected chi connectivity index (χ3v) is 5.28. The fourth-order valence-corrected chi connectivity index (χ4v) is 3.37. The van der Waals surface area contributed by atoms with Crippen molar-refractivity contribution in [2.24, 2.45) is 10.2 Å². The van der Waals surface area contributed by atoms with Gasteiger partial charge in [0.1, 0.15) is 17.6 Å². The molecule has 1 aromatic heterocycles. The molecule has 4 rings (SSSR count). The maximum Gasteiger partial charge on any atom is 0.251 e. The van der Waals surface area contributed by atoms with Crippen molar-refractivity contribution in [1.29, 1.82) is 5.26 Å². The first-order chi connectivity index (χ1) is 17.0. The number of nitrogens with two attached hydrogens (primary N) is 1. The molecule has 3 aromatic carbocycles. The maximum atomic E-state index is 12.7. The lowest BCUT2D eigenvalue weighted by atomic mass is 10.1. The molecule has 1 heterocycles. The van der Waals surface area contributed by atoms with E-state index in [0.717, 1.165) is 11.1 Å². The van der Waals surface area contributed by atoms with Gasteiger partial charge in [-0.25, -0.2) is 9.97 Å². The molecule has 0 saturated heterocycles. The zero-order valence-electron chi connectivity index (χ0n) is 19.1. The van der Waals surface area contributed by atoms with E-state index < -0.39 is 6.04 Å². The lowest BCUT2D eigenvalue weighted by Crippen LogP contribution is -2.22. The molecule has 8 nitrogen and oxygen atoms in total. The highest BCUT2D eigenvalue weighted by Crippen LogP contribution is 2.26. The van der Waals surface area contributed by atoms with E-state index in [-0.39, 0.29) is 11.7 Å². The molecular weight excluding hydrogens is 438 g/mol. The molecule has 0 saturated carbocycles. The van der Waals surface area contributed by atoms with Gasteiger partial charge in [0.15, 0.2) is 0 Å². The molecule has 1 atom stereocenters. The molecule has 0 aliphatic carbocycles. The zero-order valence-corrected chi connectivity index (χ0v) is 19.1. The first-order valence-electron chi connectivity index (χ1n) is 11.0. The monoisotopic (exact) mass is 461 g/mol. The second-order valence-corrected chi connectivity index (χ2v) is 7.82. The minimum atomic E-state index is -0.449. The van der Waals surface area contributed by atoms with Gasteiger partial charge in [0.05, 0.1) is 29.2 Å². The first-order valence-corrected chi connectivity index (χ1v) is 11.0. The van der Waals surface area contributed by atoms with Crippen LogP contribution in [0.25, 0.3) is 11.3 Å². The Morgan fingerprint density at radius 3 is 2.60 bits per heavy atom. The summed E-state index contributed by atoms with van der Waals surface area (Å²) in [7, 11) is 0. The number of nitrogens with one attached hydrogen (secondary N) is 1. The highest BCUT2D eigenvalue weighted by molar-refractivity contribution is 5.95. The van der Waals surface area contributed by atoms with E-state index in [9.17, 15) is 4.79 Å². The summed E-state index contributed by atoms with van der Waals surface area (Å²) in [6, 6.07) is 25.3. The number of benzene rings is 3.